The van der Waals surface area contributed by atoms with Crippen LogP contribution in [0.15, 0.2) is 48.5 Å². The van der Waals surface area contributed by atoms with Crippen LogP contribution < -0.4 is 9.62 Å². The van der Waals surface area contributed by atoms with E-state index < -0.39 is 28.3 Å². The molecule has 2 aromatic carbocycles. The van der Waals surface area contributed by atoms with Gasteiger partial charge in [-0.05, 0) is 42.5 Å². The lowest BCUT2D eigenvalue weighted by atomic mass is 10.2. The van der Waals surface area contributed by atoms with Crippen molar-refractivity contribution in [2.75, 3.05) is 22.4 Å². The lowest BCUT2D eigenvalue weighted by Crippen LogP contribution is -2.37. The van der Waals surface area contributed by atoms with E-state index in [-0.39, 0.29) is 11.4 Å². The number of rotatable bonds is 5. The average molecular weight is 347 g/mol. The number of nitriles is 1. The van der Waals surface area contributed by atoms with E-state index >= 15 is 0 Å². The van der Waals surface area contributed by atoms with Gasteiger partial charge in [-0.2, -0.15) is 5.26 Å². The van der Waals surface area contributed by atoms with Crippen LogP contribution in [-0.2, 0) is 14.8 Å². The summed E-state index contributed by atoms with van der Waals surface area (Å²) in [5, 5.41) is 11.2. The monoisotopic (exact) mass is 347 g/mol. The molecule has 0 aliphatic heterocycles. The molecule has 0 aliphatic carbocycles. The van der Waals surface area contributed by atoms with Crippen LogP contribution >= 0.6 is 0 Å². The third kappa shape index (κ3) is 4.54. The molecule has 0 unspecified atom stereocenters. The molecule has 0 aromatic heterocycles. The molecular formula is C16H14FN3O3S. The van der Waals surface area contributed by atoms with Crippen LogP contribution in [0.3, 0.4) is 0 Å². The highest BCUT2D eigenvalue weighted by molar-refractivity contribution is 7.92. The van der Waals surface area contributed by atoms with Gasteiger partial charge in [0.1, 0.15) is 12.4 Å². The van der Waals surface area contributed by atoms with Crippen molar-refractivity contribution < 1.29 is 17.6 Å². The quantitative estimate of drug-likeness (QED) is 0.897. The molecule has 0 aliphatic rings. The Morgan fingerprint density at radius 2 is 1.92 bits per heavy atom. The number of amides is 1. The first kappa shape index (κ1) is 17.4. The molecule has 2 rings (SSSR count). The summed E-state index contributed by atoms with van der Waals surface area (Å²) in [7, 11) is -3.72. The second-order valence-electron chi connectivity index (χ2n) is 4.99. The van der Waals surface area contributed by atoms with Crippen molar-refractivity contribution in [2.45, 2.75) is 0 Å². The van der Waals surface area contributed by atoms with Gasteiger partial charge in [0.2, 0.25) is 15.9 Å². The topological polar surface area (TPSA) is 90.3 Å². The number of nitrogens with zero attached hydrogens (tertiary/aromatic N) is 2. The van der Waals surface area contributed by atoms with Gasteiger partial charge in [0, 0.05) is 5.69 Å². The van der Waals surface area contributed by atoms with E-state index in [9.17, 15) is 17.6 Å². The van der Waals surface area contributed by atoms with Gasteiger partial charge in [-0.1, -0.05) is 6.07 Å². The molecule has 0 saturated heterocycles. The molecule has 0 saturated carbocycles. The first-order valence-corrected chi connectivity index (χ1v) is 8.68. The van der Waals surface area contributed by atoms with Crippen molar-refractivity contribution >= 4 is 27.3 Å². The molecule has 6 nitrogen and oxygen atoms in total. The van der Waals surface area contributed by atoms with E-state index in [0.29, 0.717) is 5.56 Å². The van der Waals surface area contributed by atoms with E-state index in [2.05, 4.69) is 5.32 Å². The minimum atomic E-state index is -3.72. The van der Waals surface area contributed by atoms with Gasteiger partial charge in [-0.25, -0.2) is 12.8 Å². The van der Waals surface area contributed by atoms with Crippen molar-refractivity contribution in [3.63, 3.8) is 0 Å². The number of sulfonamides is 1. The Labute approximate surface area is 139 Å². The van der Waals surface area contributed by atoms with Gasteiger partial charge >= 0.3 is 0 Å². The van der Waals surface area contributed by atoms with Crippen LogP contribution in [-0.4, -0.2) is 27.1 Å². The maximum atomic E-state index is 13.1. The van der Waals surface area contributed by atoms with Crippen molar-refractivity contribution in [3.05, 3.63) is 59.9 Å². The number of benzene rings is 2. The van der Waals surface area contributed by atoms with Crippen molar-refractivity contribution in [1.82, 2.24) is 0 Å². The van der Waals surface area contributed by atoms with E-state index in [1.54, 1.807) is 0 Å². The molecule has 0 bridgehead atoms. The maximum absolute atomic E-state index is 13.1. The van der Waals surface area contributed by atoms with Gasteiger partial charge in [0.25, 0.3) is 0 Å². The lowest BCUT2D eigenvalue weighted by molar-refractivity contribution is -0.114. The SMILES string of the molecule is CS(=O)(=O)N(CC(=O)Nc1cccc(F)c1)c1ccc(C#N)cc1. The normalized spacial score (nSPS) is 10.7. The molecule has 2 aromatic rings. The van der Waals surface area contributed by atoms with Crippen LogP contribution in [0.5, 0.6) is 0 Å². The van der Waals surface area contributed by atoms with Crippen LogP contribution in [0.4, 0.5) is 15.8 Å². The molecule has 0 atom stereocenters. The fourth-order valence-corrected chi connectivity index (χ4v) is 2.86. The predicted octanol–water partition coefficient (Wildman–Crippen LogP) is 2.10. The molecule has 1 amide bonds. The van der Waals surface area contributed by atoms with E-state index in [4.69, 9.17) is 5.26 Å². The second kappa shape index (κ2) is 7.10. The Hall–Kier alpha value is -2.92. The smallest absolute Gasteiger partial charge is 0.245 e. The Morgan fingerprint density at radius 1 is 1.25 bits per heavy atom. The Kier molecular flexibility index (Phi) is 5.16. The molecule has 124 valence electrons. The van der Waals surface area contributed by atoms with E-state index in [1.807, 2.05) is 6.07 Å². The summed E-state index contributed by atoms with van der Waals surface area (Å²) >= 11 is 0. The number of nitrogens with one attached hydrogen (secondary N) is 1. The first-order valence-electron chi connectivity index (χ1n) is 6.83. The lowest BCUT2D eigenvalue weighted by Gasteiger charge is -2.21. The standard InChI is InChI=1S/C16H14FN3O3S/c1-24(22,23)20(15-7-5-12(10-18)6-8-15)11-16(21)19-14-4-2-3-13(17)9-14/h2-9H,11H2,1H3,(H,19,21). The summed E-state index contributed by atoms with van der Waals surface area (Å²) in [6.45, 7) is -0.471. The zero-order valence-corrected chi connectivity index (χ0v) is 13.5. The van der Waals surface area contributed by atoms with Crippen LogP contribution in [0.25, 0.3) is 0 Å². The highest BCUT2D eigenvalue weighted by Gasteiger charge is 2.21. The number of carbonyl (C=O) groups excluding carboxylic acids is 1. The summed E-state index contributed by atoms with van der Waals surface area (Å²) in [5.74, 6) is -1.13. The third-order valence-corrected chi connectivity index (χ3v) is 4.22. The summed E-state index contributed by atoms with van der Waals surface area (Å²) in [6, 6.07) is 13.0. The highest BCUT2D eigenvalue weighted by atomic mass is 32.2. The number of carbonyl (C=O) groups is 1. The molecule has 0 spiro atoms. The zero-order chi connectivity index (χ0) is 17.7. The number of anilines is 2. The maximum Gasteiger partial charge on any atom is 0.245 e. The molecule has 0 heterocycles. The fourth-order valence-electron chi connectivity index (χ4n) is 2.00. The Balaban J connectivity index is 2.20. The second-order valence-corrected chi connectivity index (χ2v) is 6.89. The van der Waals surface area contributed by atoms with Crippen LogP contribution in [0.1, 0.15) is 5.56 Å². The molecule has 24 heavy (non-hydrogen) atoms. The van der Waals surface area contributed by atoms with Crippen molar-refractivity contribution in [2.24, 2.45) is 0 Å². The highest BCUT2D eigenvalue weighted by Crippen LogP contribution is 2.18. The molecule has 0 radical (unpaired) electrons. The first-order chi connectivity index (χ1) is 11.3. The average Bonchev–Trinajstić information content (AvgIpc) is 2.52. The summed E-state index contributed by atoms with van der Waals surface area (Å²) in [6.07, 6.45) is 0.973. The minimum absolute atomic E-state index is 0.230. The molecule has 1 N–H and O–H groups in total. The number of hydrogen-bond acceptors (Lipinski definition) is 4. The molecule has 0 fully saturated rings. The van der Waals surface area contributed by atoms with Gasteiger partial charge in [-0.3, -0.25) is 9.10 Å². The van der Waals surface area contributed by atoms with E-state index in [1.165, 1.54) is 42.5 Å². The van der Waals surface area contributed by atoms with Crippen LogP contribution in [0.2, 0.25) is 0 Å². The molecule has 8 heteroatoms. The Morgan fingerprint density at radius 3 is 2.46 bits per heavy atom. The van der Waals surface area contributed by atoms with Gasteiger partial charge in [0.15, 0.2) is 0 Å². The summed E-state index contributed by atoms with van der Waals surface area (Å²) in [4.78, 5) is 12.1. The summed E-state index contributed by atoms with van der Waals surface area (Å²) in [5.41, 5.74) is 0.857. The third-order valence-electron chi connectivity index (χ3n) is 3.08. The largest absolute Gasteiger partial charge is 0.324 e. The minimum Gasteiger partial charge on any atom is -0.324 e. The van der Waals surface area contributed by atoms with Crippen LogP contribution in [0, 0.1) is 17.1 Å². The number of halogens is 1. The summed E-state index contributed by atoms with van der Waals surface area (Å²) < 4.78 is 37.9. The van der Waals surface area contributed by atoms with Gasteiger partial charge < -0.3 is 5.32 Å². The van der Waals surface area contributed by atoms with Crippen molar-refractivity contribution in [1.29, 1.82) is 5.26 Å². The van der Waals surface area contributed by atoms with E-state index in [0.717, 1.165) is 16.6 Å². The molecular weight excluding hydrogens is 333 g/mol. The fraction of sp³-hybridized carbons (Fsp3) is 0.125. The predicted molar refractivity (Wildman–Crippen MR) is 88.4 cm³/mol. The van der Waals surface area contributed by atoms with Gasteiger partial charge in [-0.15, -0.1) is 0 Å². The zero-order valence-electron chi connectivity index (χ0n) is 12.7. The number of hydrogen-bond donors (Lipinski definition) is 1. The Bertz CT molecular complexity index is 890. The van der Waals surface area contributed by atoms with Gasteiger partial charge in [0.05, 0.1) is 23.6 Å². The van der Waals surface area contributed by atoms with Crippen molar-refractivity contribution in [3.8, 4) is 6.07 Å².